The summed E-state index contributed by atoms with van der Waals surface area (Å²) in [5.41, 5.74) is 1.35. The predicted octanol–water partition coefficient (Wildman–Crippen LogP) is -0.642. The molecule has 0 saturated carbocycles. The first-order chi connectivity index (χ1) is 13.4. The second-order valence-electron chi connectivity index (χ2n) is 6.68. The van der Waals surface area contributed by atoms with Crippen molar-refractivity contribution >= 4 is 28.7 Å². The lowest BCUT2D eigenvalue weighted by molar-refractivity contribution is -0.116. The third-order valence-corrected chi connectivity index (χ3v) is 4.85. The van der Waals surface area contributed by atoms with Gasteiger partial charge >= 0.3 is 5.69 Å². The van der Waals surface area contributed by atoms with E-state index >= 15 is 0 Å². The van der Waals surface area contributed by atoms with Gasteiger partial charge in [-0.3, -0.25) is 23.5 Å². The molecule has 10 heteroatoms. The van der Waals surface area contributed by atoms with Crippen LogP contribution in [0.5, 0.6) is 0 Å². The molecule has 4 rings (SSSR count). The third-order valence-electron chi connectivity index (χ3n) is 4.85. The molecule has 0 bridgehead atoms. The highest BCUT2D eigenvalue weighted by Crippen LogP contribution is 2.19. The number of hydrogen-bond acceptors (Lipinski definition) is 5. The molecule has 3 aromatic rings. The Labute approximate surface area is 158 Å². The number of carbonyl (C=O) groups is 2. The fraction of sp³-hybridized carbons (Fsp3) is 0.278. The molecule has 144 valence electrons. The van der Waals surface area contributed by atoms with E-state index in [4.69, 9.17) is 0 Å². The van der Waals surface area contributed by atoms with Crippen LogP contribution in [0.15, 0.2) is 34.1 Å². The number of carbonyl (C=O) groups excluding carboxylic acids is 2. The van der Waals surface area contributed by atoms with Gasteiger partial charge in [0.15, 0.2) is 11.2 Å². The summed E-state index contributed by atoms with van der Waals surface area (Å²) in [6, 6.07) is 5.20. The molecule has 0 spiro atoms. The summed E-state index contributed by atoms with van der Waals surface area (Å²) < 4.78 is 3.63. The number of nitrogens with one attached hydrogen (secondary N) is 2. The Bertz CT molecular complexity index is 1250. The molecular formula is C18H18N6O4. The lowest BCUT2D eigenvalue weighted by Crippen LogP contribution is -2.37. The average molecular weight is 382 g/mol. The fourth-order valence-electron chi connectivity index (χ4n) is 3.36. The zero-order chi connectivity index (χ0) is 20.0. The summed E-state index contributed by atoms with van der Waals surface area (Å²) in [4.78, 5) is 52.9. The van der Waals surface area contributed by atoms with Crippen molar-refractivity contribution in [3.05, 3.63) is 56.5 Å². The molecule has 0 radical (unpaired) electrons. The van der Waals surface area contributed by atoms with E-state index < -0.39 is 11.2 Å². The summed E-state index contributed by atoms with van der Waals surface area (Å²) in [7, 11) is 2.89. The zero-order valence-corrected chi connectivity index (χ0v) is 15.4. The van der Waals surface area contributed by atoms with Crippen molar-refractivity contribution in [2.24, 2.45) is 14.1 Å². The van der Waals surface area contributed by atoms with Crippen molar-refractivity contribution in [1.82, 2.24) is 24.0 Å². The number of hydrogen-bond donors (Lipinski definition) is 2. The minimum atomic E-state index is -0.520. The van der Waals surface area contributed by atoms with E-state index in [-0.39, 0.29) is 29.5 Å². The molecule has 2 amide bonds. The lowest BCUT2D eigenvalue weighted by Gasteiger charge is -2.17. The molecule has 0 fully saturated rings. The van der Waals surface area contributed by atoms with Crippen LogP contribution in [0.3, 0.4) is 0 Å². The van der Waals surface area contributed by atoms with Crippen molar-refractivity contribution in [2.45, 2.75) is 13.0 Å². The van der Waals surface area contributed by atoms with Crippen molar-refractivity contribution in [1.29, 1.82) is 0 Å². The highest BCUT2D eigenvalue weighted by Gasteiger charge is 2.18. The highest BCUT2D eigenvalue weighted by molar-refractivity contribution is 5.99. The van der Waals surface area contributed by atoms with Gasteiger partial charge in [-0.25, -0.2) is 9.78 Å². The van der Waals surface area contributed by atoms with Gasteiger partial charge in [-0.15, -0.1) is 0 Å². The minimum absolute atomic E-state index is 0.159. The number of fused-ring (bicyclic) bond motifs is 2. The van der Waals surface area contributed by atoms with E-state index in [1.54, 1.807) is 12.1 Å². The lowest BCUT2D eigenvalue weighted by atomic mass is 10.00. The molecular weight excluding hydrogens is 364 g/mol. The van der Waals surface area contributed by atoms with Crippen LogP contribution in [0.2, 0.25) is 0 Å². The second kappa shape index (κ2) is 6.48. The maximum Gasteiger partial charge on any atom is 0.332 e. The van der Waals surface area contributed by atoms with Crippen molar-refractivity contribution in [2.75, 3.05) is 11.9 Å². The number of amides is 2. The number of rotatable bonds is 3. The Balaban J connectivity index is 1.62. The molecule has 0 saturated heterocycles. The molecule has 10 nitrogen and oxygen atoms in total. The largest absolute Gasteiger partial charge is 0.352 e. The van der Waals surface area contributed by atoms with Gasteiger partial charge < -0.3 is 15.2 Å². The quantitative estimate of drug-likeness (QED) is 0.624. The fourth-order valence-corrected chi connectivity index (χ4v) is 3.36. The monoisotopic (exact) mass is 382 g/mol. The molecule has 0 atom stereocenters. The van der Waals surface area contributed by atoms with Gasteiger partial charge in [0.1, 0.15) is 6.54 Å². The van der Waals surface area contributed by atoms with Gasteiger partial charge in [0.25, 0.3) is 11.5 Å². The number of aryl methyl sites for hydroxylation is 1. The van der Waals surface area contributed by atoms with Crippen LogP contribution in [0, 0.1) is 0 Å². The van der Waals surface area contributed by atoms with Crippen LogP contribution in [-0.2, 0) is 31.9 Å². The maximum absolute atomic E-state index is 12.5. The van der Waals surface area contributed by atoms with Crippen molar-refractivity contribution in [3.8, 4) is 0 Å². The van der Waals surface area contributed by atoms with Gasteiger partial charge in [-0.1, -0.05) is 6.07 Å². The van der Waals surface area contributed by atoms with Gasteiger partial charge in [0.05, 0.1) is 6.33 Å². The zero-order valence-electron chi connectivity index (χ0n) is 15.4. The van der Waals surface area contributed by atoms with Gasteiger partial charge in [0.2, 0.25) is 5.91 Å². The Morgan fingerprint density at radius 3 is 2.79 bits per heavy atom. The van der Waals surface area contributed by atoms with E-state index in [1.807, 2.05) is 6.07 Å². The van der Waals surface area contributed by atoms with E-state index in [9.17, 15) is 19.2 Å². The first-order valence-corrected chi connectivity index (χ1v) is 8.68. The van der Waals surface area contributed by atoms with Crippen molar-refractivity contribution < 1.29 is 9.59 Å². The standard InChI is InChI=1S/C18H18N6O4/c1-22-15-14(17(27)23(2)18(22)28)24(9-20-15)8-13(25)21-11-4-3-10-5-6-19-16(26)12(10)7-11/h3-4,7,9H,5-6,8H2,1-2H3,(H,19,26)(H,21,25). The molecule has 28 heavy (non-hydrogen) atoms. The predicted molar refractivity (Wildman–Crippen MR) is 101 cm³/mol. The summed E-state index contributed by atoms with van der Waals surface area (Å²) in [6.45, 7) is 0.440. The van der Waals surface area contributed by atoms with Crippen LogP contribution in [0.1, 0.15) is 15.9 Å². The minimum Gasteiger partial charge on any atom is -0.352 e. The summed E-state index contributed by atoms with van der Waals surface area (Å²) in [5, 5.41) is 5.50. The Kier molecular flexibility index (Phi) is 4.10. The molecule has 0 aliphatic carbocycles. The summed E-state index contributed by atoms with van der Waals surface area (Å²) in [6.07, 6.45) is 2.10. The van der Waals surface area contributed by atoms with Crippen LogP contribution >= 0.6 is 0 Å². The molecule has 1 aliphatic heterocycles. The van der Waals surface area contributed by atoms with Crippen LogP contribution < -0.4 is 21.9 Å². The van der Waals surface area contributed by atoms with Gasteiger partial charge in [0, 0.05) is 31.9 Å². The van der Waals surface area contributed by atoms with Crippen molar-refractivity contribution in [3.63, 3.8) is 0 Å². The smallest absolute Gasteiger partial charge is 0.332 e. The van der Waals surface area contributed by atoms with Crippen LogP contribution in [0.4, 0.5) is 5.69 Å². The van der Waals surface area contributed by atoms with Crippen LogP contribution in [-0.4, -0.2) is 37.0 Å². The highest BCUT2D eigenvalue weighted by atomic mass is 16.2. The number of benzene rings is 1. The molecule has 2 aromatic heterocycles. The molecule has 1 aliphatic rings. The number of nitrogens with zero attached hydrogens (tertiary/aromatic N) is 4. The number of aromatic nitrogens is 4. The Morgan fingerprint density at radius 1 is 1.21 bits per heavy atom. The Hall–Kier alpha value is -3.69. The summed E-state index contributed by atoms with van der Waals surface area (Å²) in [5.74, 6) is -0.547. The molecule has 2 N–H and O–H groups in total. The molecule has 0 unspecified atom stereocenters. The molecule has 1 aromatic carbocycles. The summed E-state index contributed by atoms with van der Waals surface area (Å²) >= 11 is 0. The van der Waals surface area contributed by atoms with E-state index in [0.29, 0.717) is 17.8 Å². The van der Waals surface area contributed by atoms with Crippen LogP contribution in [0.25, 0.3) is 11.2 Å². The van der Waals surface area contributed by atoms with Gasteiger partial charge in [-0.2, -0.15) is 0 Å². The van der Waals surface area contributed by atoms with E-state index in [2.05, 4.69) is 15.6 Å². The van der Waals surface area contributed by atoms with Gasteiger partial charge in [-0.05, 0) is 24.1 Å². The topological polar surface area (TPSA) is 120 Å². The second-order valence-corrected chi connectivity index (χ2v) is 6.68. The molecule has 3 heterocycles. The third kappa shape index (κ3) is 2.79. The number of imidazole rings is 1. The Morgan fingerprint density at radius 2 is 2.00 bits per heavy atom. The maximum atomic E-state index is 12.5. The van der Waals surface area contributed by atoms with E-state index in [0.717, 1.165) is 16.6 Å². The first-order valence-electron chi connectivity index (χ1n) is 8.68. The first kappa shape index (κ1) is 17.7. The normalized spacial score (nSPS) is 13.3. The SMILES string of the molecule is Cn1c(=O)c2c(ncn2CC(=O)Nc2ccc3c(c2)C(=O)NCC3)n(C)c1=O. The average Bonchev–Trinajstić information content (AvgIpc) is 3.09. The number of anilines is 1. The van der Waals surface area contributed by atoms with E-state index in [1.165, 1.54) is 29.6 Å².